The highest BCUT2D eigenvalue weighted by Gasteiger charge is 2.25. The van der Waals surface area contributed by atoms with Crippen LogP contribution in [0.1, 0.15) is 31.0 Å². The maximum Gasteiger partial charge on any atom is 0.264 e. The number of aryl methyl sites for hydroxylation is 2. The van der Waals surface area contributed by atoms with Crippen molar-refractivity contribution < 1.29 is 18.0 Å². The summed E-state index contributed by atoms with van der Waals surface area (Å²) in [5.41, 5.74) is 9.66. The highest BCUT2D eigenvalue weighted by molar-refractivity contribution is 7.90. The maximum absolute atomic E-state index is 12.9. The highest BCUT2D eigenvalue weighted by Crippen LogP contribution is 2.25. The summed E-state index contributed by atoms with van der Waals surface area (Å²) in [6.45, 7) is 5.42. The predicted octanol–water partition coefficient (Wildman–Crippen LogP) is 1.73. The van der Waals surface area contributed by atoms with E-state index in [1.807, 2.05) is 48.9 Å². The minimum Gasteiger partial charge on any atom is -0.370 e. The number of carbonyl (C=O) groups is 2. The van der Waals surface area contributed by atoms with Crippen molar-refractivity contribution in [1.82, 2.24) is 25.1 Å². The van der Waals surface area contributed by atoms with E-state index in [4.69, 9.17) is 11.1 Å². The van der Waals surface area contributed by atoms with E-state index in [2.05, 4.69) is 15.7 Å². The van der Waals surface area contributed by atoms with Crippen LogP contribution in [0.4, 0.5) is 0 Å². The van der Waals surface area contributed by atoms with Crippen molar-refractivity contribution in [3.63, 3.8) is 0 Å². The molecule has 0 fully saturated rings. The van der Waals surface area contributed by atoms with Crippen molar-refractivity contribution >= 4 is 27.8 Å². The van der Waals surface area contributed by atoms with Crippen molar-refractivity contribution in [2.24, 2.45) is 5.73 Å². The van der Waals surface area contributed by atoms with Crippen LogP contribution in [0.5, 0.6) is 0 Å². The molecule has 0 aliphatic rings. The third kappa shape index (κ3) is 7.40. The normalized spacial score (nSPS) is 12.0. The molecule has 2 amide bonds. The minimum absolute atomic E-state index is 0.106. The quantitative estimate of drug-likeness (QED) is 0.152. The summed E-state index contributed by atoms with van der Waals surface area (Å²) >= 11 is 0. The summed E-state index contributed by atoms with van der Waals surface area (Å²) in [7, 11) is -4.20. The molecule has 1 heterocycles. The van der Waals surface area contributed by atoms with Crippen molar-refractivity contribution in [3.8, 4) is 16.9 Å². The van der Waals surface area contributed by atoms with Crippen molar-refractivity contribution in [3.05, 3.63) is 65.9 Å². The van der Waals surface area contributed by atoms with Gasteiger partial charge in [-0.2, -0.15) is 5.10 Å². The van der Waals surface area contributed by atoms with Gasteiger partial charge in [0.1, 0.15) is 6.04 Å². The lowest BCUT2D eigenvalue weighted by molar-refractivity contribution is -0.127. The zero-order valence-electron chi connectivity index (χ0n) is 20.9. The number of carbonyl (C=O) groups excluding carboxylic acids is 2. The van der Waals surface area contributed by atoms with Crippen LogP contribution in [0.25, 0.3) is 16.9 Å². The van der Waals surface area contributed by atoms with E-state index in [0.717, 1.165) is 22.5 Å². The molecule has 1 aromatic heterocycles. The van der Waals surface area contributed by atoms with E-state index >= 15 is 0 Å². The van der Waals surface area contributed by atoms with Gasteiger partial charge in [0.05, 0.1) is 22.0 Å². The van der Waals surface area contributed by atoms with Crippen LogP contribution < -0.4 is 21.1 Å². The Labute approximate surface area is 216 Å². The Morgan fingerprint density at radius 2 is 1.73 bits per heavy atom. The number of aromatic nitrogens is 2. The Morgan fingerprint density at radius 1 is 1.08 bits per heavy atom. The Hall–Kier alpha value is -4.19. The fourth-order valence-corrected chi connectivity index (χ4v) is 4.72. The molecule has 0 spiro atoms. The van der Waals surface area contributed by atoms with Gasteiger partial charge >= 0.3 is 0 Å². The number of guanidine groups is 1. The van der Waals surface area contributed by atoms with Gasteiger partial charge in [-0.3, -0.25) is 15.0 Å². The fourth-order valence-electron chi connectivity index (χ4n) is 3.70. The second kappa shape index (κ2) is 11.7. The lowest BCUT2D eigenvalue weighted by atomic mass is 10.1. The number of nitrogens with two attached hydrogens (primary N) is 1. The Bertz CT molecular complexity index is 1380. The molecule has 0 aliphatic heterocycles. The number of benzene rings is 2. The second-order valence-electron chi connectivity index (χ2n) is 8.65. The molecule has 0 saturated heterocycles. The maximum atomic E-state index is 12.9. The first-order valence-electron chi connectivity index (χ1n) is 11.6. The van der Waals surface area contributed by atoms with Gasteiger partial charge in [-0.05, 0) is 57.0 Å². The second-order valence-corrected chi connectivity index (χ2v) is 10.3. The molecule has 2 aromatic carbocycles. The van der Waals surface area contributed by atoms with E-state index in [0.29, 0.717) is 18.7 Å². The molecule has 37 heavy (non-hydrogen) atoms. The minimum atomic E-state index is -4.20. The monoisotopic (exact) mass is 525 g/mol. The first-order valence-corrected chi connectivity index (χ1v) is 13.1. The van der Waals surface area contributed by atoms with Crippen molar-refractivity contribution in [2.75, 3.05) is 6.54 Å². The van der Waals surface area contributed by atoms with E-state index in [-0.39, 0.29) is 17.3 Å². The lowest BCUT2D eigenvalue weighted by Crippen LogP contribution is -2.48. The molecular weight excluding hydrogens is 494 g/mol. The van der Waals surface area contributed by atoms with Crippen molar-refractivity contribution in [2.45, 2.75) is 44.6 Å². The van der Waals surface area contributed by atoms with Gasteiger partial charge in [-0.15, -0.1) is 0 Å². The molecule has 0 saturated carbocycles. The first-order chi connectivity index (χ1) is 17.5. The van der Waals surface area contributed by atoms with E-state index in [9.17, 15) is 18.0 Å². The zero-order valence-corrected chi connectivity index (χ0v) is 21.7. The van der Waals surface area contributed by atoms with Gasteiger partial charge < -0.3 is 16.4 Å². The summed E-state index contributed by atoms with van der Waals surface area (Å²) in [5.74, 6) is -1.55. The zero-order chi connectivity index (χ0) is 27.2. The number of nitrogens with one attached hydrogen (secondary N) is 4. The molecule has 196 valence electrons. The number of rotatable bonds is 10. The van der Waals surface area contributed by atoms with E-state index < -0.39 is 27.9 Å². The summed E-state index contributed by atoms with van der Waals surface area (Å²) in [4.78, 5) is 24.1. The molecule has 0 bridgehead atoms. The average molecular weight is 526 g/mol. The standard InChI is InChI=1S/C25H31N7O4S/c1-16-6-8-19(9-7-16)23-15-17(2)30-32(23)20-10-12-21(13-11-20)37(35,36)31-24(34)22(29-18(3)33)5-4-14-28-25(26)27/h6-13,15,22H,4-5,14H2,1-3H3,(H,29,33)(H,31,34)(H4,26,27,28)/t22-/m0/s1. The number of sulfonamides is 1. The summed E-state index contributed by atoms with van der Waals surface area (Å²) in [6.07, 6.45) is 0.528. The smallest absolute Gasteiger partial charge is 0.264 e. The van der Waals surface area contributed by atoms with Crippen LogP contribution in [0, 0.1) is 19.3 Å². The van der Waals surface area contributed by atoms with Gasteiger partial charge in [0.2, 0.25) is 5.91 Å². The van der Waals surface area contributed by atoms with Crippen LogP contribution in [-0.4, -0.2) is 48.6 Å². The highest BCUT2D eigenvalue weighted by atomic mass is 32.2. The molecule has 12 heteroatoms. The van der Waals surface area contributed by atoms with Crippen LogP contribution in [-0.2, 0) is 19.6 Å². The van der Waals surface area contributed by atoms with Crippen LogP contribution in [0.2, 0.25) is 0 Å². The Balaban J connectivity index is 1.77. The predicted molar refractivity (Wildman–Crippen MR) is 141 cm³/mol. The summed E-state index contributed by atoms with van der Waals surface area (Å²) in [5, 5.41) is 16.8. The fraction of sp³-hybridized carbons (Fsp3) is 0.280. The molecule has 3 rings (SSSR count). The van der Waals surface area contributed by atoms with Gasteiger partial charge in [0, 0.05) is 19.0 Å². The number of hydrogen-bond acceptors (Lipinski definition) is 6. The summed E-state index contributed by atoms with van der Waals surface area (Å²) in [6, 6.07) is 14.9. The topological polar surface area (TPSA) is 172 Å². The number of amides is 2. The Kier molecular flexibility index (Phi) is 8.66. The molecule has 0 radical (unpaired) electrons. The van der Waals surface area contributed by atoms with Gasteiger partial charge in [-0.1, -0.05) is 29.8 Å². The number of nitrogens with zero attached hydrogens (tertiary/aromatic N) is 2. The largest absolute Gasteiger partial charge is 0.370 e. The first kappa shape index (κ1) is 27.4. The lowest BCUT2D eigenvalue weighted by Gasteiger charge is -2.18. The van der Waals surface area contributed by atoms with Crippen LogP contribution in [0.3, 0.4) is 0 Å². The van der Waals surface area contributed by atoms with Crippen LogP contribution in [0.15, 0.2) is 59.5 Å². The van der Waals surface area contributed by atoms with Gasteiger partial charge in [-0.25, -0.2) is 17.8 Å². The van der Waals surface area contributed by atoms with Gasteiger partial charge in [0.25, 0.3) is 15.9 Å². The number of hydrogen-bond donors (Lipinski definition) is 5. The summed E-state index contributed by atoms with van der Waals surface area (Å²) < 4.78 is 29.6. The molecule has 0 unspecified atom stereocenters. The molecule has 6 N–H and O–H groups in total. The van der Waals surface area contributed by atoms with E-state index in [1.165, 1.54) is 19.1 Å². The molecule has 11 nitrogen and oxygen atoms in total. The molecule has 3 aromatic rings. The Morgan fingerprint density at radius 3 is 2.32 bits per heavy atom. The average Bonchev–Trinajstić information content (AvgIpc) is 3.22. The van der Waals surface area contributed by atoms with Crippen molar-refractivity contribution in [1.29, 1.82) is 5.41 Å². The molecule has 1 atom stereocenters. The van der Waals surface area contributed by atoms with Gasteiger partial charge in [0.15, 0.2) is 5.96 Å². The third-order valence-electron chi connectivity index (χ3n) is 5.48. The third-order valence-corrected chi connectivity index (χ3v) is 6.85. The molecule has 0 aliphatic carbocycles. The SMILES string of the molecule is CC(=O)N[C@@H](CCCNC(=N)N)C(=O)NS(=O)(=O)c1ccc(-n2nc(C)cc2-c2ccc(C)cc2)cc1. The van der Waals surface area contributed by atoms with Crippen LogP contribution >= 0.6 is 0 Å². The van der Waals surface area contributed by atoms with E-state index in [1.54, 1.807) is 16.8 Å². The molecular formula is C25H31N7O4S.